The highest BCUT2D eigenvalue weighted by Gasteiger charge is 2.20. The molecule has 0 atom stereocenters. The van der Waals surface area contributed by atoms with E-state index in [-0.39, 0.29) is 0 Å². The molecular weight excluding hydrogens is 641 g/mol. The summed E-state index contributed by atoms with van der Waals surface area (Å²) >= 11 is 0. The topological polar surface area (TPSA) is 8.17 Å². The monoisotopic (exact) mass is 678 g/mol. The number of hydrogen-bond acceptors (Lipinski definition) is 1. The Morgan fingerprint density at radius 1 is 0.509 bits per heavy atom. The third-order valence-corrected chi connectivity index (χ3v) is 10.4. The molecule has 0 aliphatic heterocycles. The van der Waals surface area contributed by atoms with E-state index in [4.69, 9.17) is 0 Å². The molecule has 0 radical (unpaired) electrons. The molecule has 252 valence electrons. The van der Waals surface area contributed by atoms with Crippen LogP contribution in [0.25, 0.3) is 66.1 Å². The fourth-order valence-electron chi connectivity index (χ4n) is 7.85. The Balaban J connectivity index is 1.20. The standard InChI is InChI=1S/C51H38N2/c1-3-36(4-2)37-26-31-41(32-27-37)52(48-23-13-10-19-43(48)38-16-6-5-7-17-38)42-33-28-40(29-34-42)44-20-11-14-24-49(44)53-50-25-15-12-22-46(50)47-35-30-39-18-8-9-21-45(39)51(47)53/h3-35H,1H2,2H3/b36-4+. The van der Waals surface area contributed by atoms with Crippen molar-refractivity contribution < 1.29 is 0 Å². The van der Waals surface area contributed by atoms with Crippen molar-refractivity contribution in [1.29, 1.82) is 0 Å². The molecule has 0 aliphatic carbocycles. The van der Waals surface area contributed by atoms with Crippen LogP contribution in [0.15, 0.2) is 207 Å². The number of aromatic nitrogens is 1. The van der Waals surface area contributed by atoms with Crippen LogP contribution < -0.4 is 4.90 Å². The second-order valence-corrected chi connectivity index (χ2v) is 13.3. The maximum Gasteiger partial charge on any atom is 0.0619 e. The van der Waals surface area contributed by atoms with Gasteiger partial charge in [0.25, 0.3) is 0 Å². The van der Waals surface area contributed by atoms with Gasteiger partial charge < -0.3 is 9.47 Å². The van der Waals surface area contributed by atoms with Crippen molar-refractivity contribution >= 4 is 55.2 Å². The Labute approximate surface area is 310 Å². The quantitative estimate of drug-likeness (QED) is 0.145. The number of rotatable bonds is 8. The molecular formula is C51H38N2. The molecule has 0 bridgehead atoms. The van der Waals surface area contributed by atoms with Crippen molar-refractivity contribution in [2.45, 2.75) is 6.92 Å². The second kappa shape index (κ2) is 13.7. The minimum absolute atomic E-state index is 1.08. The third-order valence-electron chi connectivity index (χ3n) is 10.4. The molecule has 9 aromatic rings. The molecule has 2 heteroatoms. The van der Waals surface area contributed by atoms with Crippen LogP contribution in [0.3, 0.4) is 0 Å². The van der Waals surface area contributed by atoms with Gasteiger partial charge in [0.2, 0.25) is 0 Å². The van der Waals surface area contributed by atoms with E-state index >= 15 is 0 Å². The first-order valence-corrected chi connectivity index (χ1v) is 18.2. The zero-order valence-electron chi connectivity index (χ0n) is 29.7. The summed E-state index contributed by atoms with van der Waals surface area (Å²) in [5.41, 5.74) is 13.8. The normalized spacial score (nSPS) is 11.7. The lowest BCUT2D eigenvalue weighted by Gasteiger charge is -2.28. The maximum atomic E-state index is 4.02. The van der Waals surface area contributed by atoms with Gasteiger partial charge in [-0.3, -0.25) is 0 Å². The summed E-state index contributed by atoms with van der Waals surface area (Å²) in [7, 11) is 0. The van der Waals surface area contributed by atoms with Gasteiger partial charge in [0.15, 0.2) is 0 Å². The van der Waals surface area contributed by atoms with E-state index in [1.54, 1.807) is 0 Å². The van der Waals surface area contributed by atoms with E-state index in [1.807, 2.05) is 6.08 Å². The third kappa shape index (κ3) is 5.62. The SMILES string of the molecule is C=C/C(=C\C)c1ccc(N(c2ccc(-c3ccccc3-n3c4ccccc4c4ccc5ccccc5c43)cc2)c2ccccc2-c2ccccc2)cc1. The van der Waals surface area contributed by atoms with Gasteiger partial charge in [-0.05, 0) is 77.0 Å². The summed E-state index contributed by atoms with van der Waals surface area (Å²) in [6.07, 6.45) is 4.01. The van der Waals surface area contributed by atoms with Crippen LogP contribution in [-0.4, -0.2) is 4.57 Å². The van der Waals surface area contributed by atoms with Crippen LogP contribution in [0.2, 0.25) is 0 Å². The van der Waals surface area contributed by atoms with Crippen molar-refractivity contribution in [3.63, 3.8) is 0 Å². The van der Waals surface area contributed by atoms with Crippen LogP contribution in [0.5, 0.6) is 0 Å². The molecule has 0 fully saturated rings. The maximum absolute atomic E-state index is 4.02. The fourth-order valence-corrected chi connectivity index (χ4v) is 7.85. The lowest BCUT2D eigenvalue weighted by atomic mass is 9.99. The van der Waals surface area contributed by atoms with E-state index < -0.39 is 0 Å². The molecule has 0 amide bonds. The Kier molecular flexibility index (Phi) is 8.26. The van der Waals surface area contributed by atoms with Gasteiger partial charge in [-0.2, -0.15) is 0 Å². The number of hydrogen-bond donors (Lipinski definition) is 0. The van der Waals surface area contributed by atoms with Crippen molar-refractivity contribution in [2.24, 2.45) is 0 Å². The van der Waals surface area contributed by atoms with Gasteiger partial charge in [0.1, 0.15) is 0 Å². The zero-order valence-corrected chi connectivity index (χ0v) is 29.7. The lowest BCUT2D eigenvalue weighted by Crippen LogP contribution is -2.11. The predicted octanol–water partition coefficient (Wildman–Crippen LogP) is 14.3. The highest BCUT2D eigenvalue weighted by molar-refractivity contribution is 6.18. The van der Waals surface area contributed by atoms with E-state index in [0.29, 0.717) is 0 Å². The number of allylic oxidation sites excluding steroid dienone is 3. The molecule has 8 aromatic carbocycles. The molecule has 0 saturated carbocycles. The first kappa shape index (κ1) is 32.0. The number of benzene rings is 8. The summed E-state index contributed by atoms with van der Waals surface area (Å²) in [6, 6.07) is 67.9. The minimum atomic E-state index is 1.08. The summed E-state index contributed by atoms with van der Waals surface area (Å²) in [4.78, 5) is 2.37. The Bertz CT molecular complexity index is 2790. The average molecular weight is 679 g/mol. The van der Waals surface area contributed by atoms with Crippen LogP contribution >= 0.6 is 0 Å². The Morgan fingerprint density at radius 2 is 1.11 bits per heavy atom. The fraction of sp³-hybridized carbons (Fsp3) is 0.0196. The summed E-state index contributed by atoms with van der Waals surface area (Å²) < 4.78 is 2.46. The molecule has 1 heterocycles. The van der Waals surface area contributed by atoms with Crippen LogP contribution in [-0.2, 0) is 0 Å². The van der Waals surface area contributed by atoms with E-state index in [1.165, 1.54) is 49.3 Å². The van der Waals surface area contributed by atoms with Gasteiger partial charge in [-0.15, -0.1) is 0 Å². The molecule has 1 aromatic heterocycles. The van der Waals surface area contributed by atoms with Gasteiger partial charge in [-0.25, -0.2) is 0 Å². The van der Waals surface area contributed by atoms with Gasteiger partial charge >= 0.3 is 0 Å². The number of fused-ring (bicyclic) bond motifs is 5. The molecule has 0 saturated heterocycles. The summed E-state index contributed by atoms with van der Waals surface area (Å²) in [5.74, 6) is 0. The van der Waals surface area contributed by atoms with Crippen LogP contribution in [0, 0.1) is 0 Å². The second-order valence-electron chi connectivity index (χ2n) is 13.3. The number of para-hydroxylation sites is 3. The molecule has 0 aliphatic rings. The highest BCUT2D eigenvalue weighted by Crippen LogP contribution is 2.43. The molecule has 53 heavy (non-hydrogen) atoms. The van der Waals surface area contributed by atoms with Crippen molar-refractivity contribution in [2.75, 3.05) is 4.90 Å². The van der Waals surface area contributed by atoms with Gasteiger partial charge in [0, 0.05) is 38.7 Å². The van der Waals surface area contributed by atoms with Crippen molar-refractivity contribution in [3.8, 4) is 27.9 Å². The van der Waals surface area contributed by atoms with E-state index in [2.05, 4.69) is 217 Å². The van der Waals surface area contributed by atoms with Gasteiger partial charge in [-0.1, -0.05) is 164 Å². The molecule has 0 spiro atoms. The van der Waals surface area contributed by atoms with Gasteiger partial charge in [0.05, 0.1) is 22.4 Å². The van der Waals surface area contributed by atoms with E-state index in [0.717, 1.165) is 39.4 Å². The number of nitrogens with zero attached hydrogens (tertiary/aromatic N) is 2. The first-order chi connectivity index (χ1) is 26.2. The summed E-state index contributed by atoms with van der Waals surface area (Å²) in [6.45, 7) is 6.08. The molecule has 9 rings (SSSR count). The molecule has 0 unspecified atom stereocenters. The first-order valence-electron chi connectivity index (χ1n) is 18.2. The largest absolute Gasteiger partial charge is 0.310 e. The minimum Gasteiger partial charge on any atom is -0.310 e. The Hall–Kier alpha value is -6.90. The molecule has 2 nitrogen and oxygen atoms in total. The van der Waals surface area contributed by atoms with Crippen LogP contribution in [0.4, 0.5) is 17.1 Å². The number of anilines is 3. The smallest absolute Gasteiger partial charge is 0.0619 e. The summed E-state index contributed by atoms with van der Waals surface area (Å²) in [5, 5.41) is 5.01. The van der Waals surface area contributed by atoms with Crippen molar-refractivity contribution in [1.82, 2.24) is 4.57 Å². The Morgan fingerprint density at radius 3 is 1.87 bits per heavy atom. The van der Waals surface area contributed by atoms with Crippen LogP contribution in [0.1, 0.15) is 12.5 Å². The van der Waals surface area contributed by atoms with Crippen molar-refractivity contribution in [3.05, 3.63) is 212 Å². The highest BCUT2D eigenvalue weighted by atomic mass is 15.1. The lowest BCUT2D eigenvalue weighted by molar-refractivity contribution is 1.19. The average Bonchev–Trinajstić information content (AvgIpc) is 3.57. The predicted molar refractivity (Wildman–Crippen MR) is 228 cm³/mol. The van der Waals surface area contributed by atoms with E-state index in [9.17, 15) is 0 Å². The zero-order chi connectivity index (χ0) is 35.7. The molecule has 0 N–H and O–H groups in total.